The SMILES string of the molecule is Cc1nc2c(c(NC3CCCSC3)n1)CCCC2. The molecule has 0 aromatic carbocycles. The Balaban J connectivity index is 1.83. The second-order valence-corrected chi connectivity index (χ2v) is 6.46. The molecule has 2 heterocycles. The number of aromatic nitrogens is 2. The largest absolute Gasteiger partial charge is 0.366 e. The third-order valence-corrected chi connectivity index (χ3v) is 5.01. The molecule has 0 radical (unpaired) electrons. The number of thioether (sulfide) groups is 1. The highest BCUT2D eigenvalue weighted by atomic mass is 32.2. The molecular weight excluding hydrogens is 242 g/mol. The summed E-state index contributed by atoms with van der Waals surface area (Å²) in [6, 6.07) is 0.601. The van der Waals surface area contributed by atoms with Gasteiger partial charge in [-0.2, -0.15) is 11.8 Å². The molecule has 1 fully saturated rings. The van der Waals surface area contributed by atoms with Crippen molar-refractivity contribution >= 4 is 17.6 Å². The predicted octanol–water partition coefficient (Wildman–Crippen LogP) is 2.97. The van der Waals surface area contributed by atoms with Gasteiger partial charge < -0.3 is 5.32 Å². The van der Waals surface area contributed by atoms with Crippen molar-refractivity contribution in [2.24, 2.45) is 0 Å². The van der Waals surface area contributed by atoms with E-state index in [0.29, 0.717) is 6.04 Å². The third-order valence-electron chi connectivity index (χ3n) is 3.80. The molecule has 3 rings (SSSR count). The lowest BCUT2D eigenvalue weighted by Crippen LogP contribution is -2.28. The van der Waals surface area contributed by atoms with Crippen LogP contribution in [0.3, 0.4) is 0 Å². The van der Waals surface area contributed by atoms with Crippen LogP contribution in [0.4, 0.5) is 5.82 Å². The minimum absolute atomic E-state index is 0.601. The minimum atomic E-state index is 0.601. The maximum Gasteiger partial charge on any atom is 0.133 e. The summed E-state index contributed by atoms with van der Waals surface area (Å²) >= 11 is 2.06. The lowest BCUT2D eigenvalue weighted by molar-refractivity contribution is 0.647. The summed E-state index contributed by atoms with van der Waals surface area (Å²) in [5.74, 6) is 4.59. The maximum absolute atomic E-state index is 4.65. The molecule has 1 saturated heterocycles. The molecular formula is C14H21N3S. The first-order valence-electron chi connectivity index (χ1n) is 7.03. The van der Waals surface area contributed by atoms with Crippen molar-refractivity contribution in [2.75, 3.05) is 16.8 Å². The highest BCUT2D eigenvalue weighted by Gasteiger charge is 2.20. The van der Waals surface area contributed by atoms with E-state index >= 15 is 0 Å². The van der Waals surface area contributed by atoms with Gasteiger partial charge in [0.15, 0.2) is 0 Å². The van der Waals surface area contributed by atoms with E-state index in [4.69, 9.17) is 0 Å². The van der Waals surface area contributed by atoms with Crippen LogP contribution in [0.1, 0.15) is 42.8 Å². The van der Waals surface area contributed by atoms with Crippen molar-refractivity contribution in [3.8, 4) is 0 Å². The highest BCUT2D eigenvalue weighted by molar-refractivity contribution is 7.99. The number of nitrogens with one attached hydrogen (secondary N) is 1. The molecule has 2 aliphatic rings. The number of nitrogens with zero attached hydrogens (tertiary/aromatic N) is 2. The van der Waals surface area contributed by atoms with Crippen molar-refractivity contribution in [2.45, 2.75) is 51.5 Å². The Hall–Kier alpha value is -0.770. The maximum atomic E-state index is 4.65. The Morgan fingerprint density at radius 1 is 1.17 bits per heavy atom. The van der Waals surface area contributed by atoms with Crippen LogP contribution in [-0.4, -0.2) is 27.5 Å². The number of rotatable bonds is 2. The third kappa shape index (κ3) is 2.63. The molecule has 1 aromatic heterocycles. The van der Waals surface area contributed by atoms with Crippen LogP contribution in [0.25, 0.3) is 0 Å². The average Bonchev–Trinajstić information content (AvgIpc) is 2.40. The fourth-order valence-corrected chi connectivity index (χ4v) is 3.96. The highest BCUT2D eigenvalue weighted by Crippen LogP contribution is 2.27. The topological polar surface area (TPSA) is 37.8 Å². The van der Waals surface area contributed by atoms with Crippen LogP contribution in [0, 0.1) is 6.92 Å². The Bertz CT molecular complexity index is 427. The van der Waals surface area contributed by atoms with Crippen LogP contribution in [-0.2, 0) is 12.8 Å². The van der Waals surface area contributed by atoms with Gasteiger partial charge in [-0.05, 0) is 51.2 Å². The molecule has 1 unspecified atom stereocenters. The fourth-order valence-electron chi connectivity index (χ4n) is 2.88. The molecule has 98 valence electrons. The average molecular weight is 263 g/mol. The van der Waals surface area contributed by atoms with Crippen molar-refractivity contribution in [1.82, 2.24) is 9.97 Å². The number of hydrogen-bond acceptors (Lipinski definition) is 4. The molecule has 18 heavy (non-hydrogen) atoms. The summed E-state index contributed by atoms with van der Waals surface area (Å²) in [7, 11) is 0. The molecule has 0 spiro atoms. The van der Waals surface area contributed by atoms with E-state index in [1.165, 1.54) is 48.4 Å². The summed E-state index contributed by atoms with van der Waals surface area (Å²) in [5.41, 5.74) is 2.68. The van der Waals surface area contributed by atoms with E-state index in [1.807, 2.05) is 6.92 Å². The quantitative estimate of drug-likeness (QED) is 0.890. The summed E-state index contributed by atoms with van der Waals surface area (Å²) in [6.07, 6.45) is 7.46. The molecule has 0 saturated carbocycles. The van der Waals surface area contributed by atoms with Crippen molar-refractivity contribution in [1.29, 1.82) is 0 Å². The number of anilines is 1. The van der Waals surface area contributed by atoms with Gasteiger partial charge >= 0.3 is 0 Å². The predicted molar refractivity (Wildman–Crippen MR) is 77.4 cm³/mol. The summed E-state index contributed by atoms with van der Waals surface area (Å²) in [6.45, 7) is 2.01. The van der Waals surface area contributed by atoms with Gasteiger partial charge in [0.1, 0.15) is 11.6 Å². The molecule has 1 N–H and O–H groups in total. The molecule has 1 atom stereocenters. The van der Waals surface area contributed by atoms with Crippen LogP contribution >= 0.6 is 11.8 Å². The molecule has 1 aliphatic heterocycles. The minimum Gasteiger partial charge on any atom is -0.366 e. The van der Waals surface area contributed by atoms with Gasteiger partial charge in [0.2, 0.25) is 0 Å². The molecule has 1 aromatic rings. The monoisotopic (exact) mass is 263 g/mol. The molecule has 4 heteroatoms. The van der Waals surface area contributed by atoms with Crippen LogP contribution in [0.2, 0.25) is 0 Å². The van der Waals surface area contributed by atoms with Gasteiger partial charge in [0, 0.05) is 23.1 Å². The summed E-state index contributed by atoms with van der Waals surface area (Å²) in [4.78, 5) is 9.26. The van der Waals surface area contributed by atoms with E-state index in [0.717, 1.165) is 24.5 Å². The van der Waals surface area contributed by atoms with E-state index in [2.05, 4.69) is 27.0 Å². The van der Waals surface area contributed by atoms with Gasteiger partial charge in [-0.15, -0.1) is 0 Å². The second kappa shape index (κ2) is 5.47. The summed E-state index contributed by atoms with van der Waals surface area (Å²) < 4.78 is 0. The van der Waals surface area contributed by atoms with E-state index in [1.54, 1.807) is 0 Å². The molecule has 1 aliphatic carbocycles. The molecule has 0 amide bonds. The Kier molecular flexibility index (Phi) is 3.73. The first kappa shape index (κ1) is 12.3. The number of fused-ring (bicyclic) bond motifs is 1. The van der Waals surface area contributed by atoms with E-state index in [-0.39, 0.29) is 0 Å². The number of hydrogen-bond donors (Lipinski definition) is 1. The van der Waals surface area contributed by atoms with E-state index in [9.17, 15) is 0 Å². The zero-order valence-electron chi connectivity index (χ0n) is 11.0. The van der Waals surface area contributed by atoms with Crippen molar-refractivity contribution < 1.29 is 0 Å². The zero-order valence-corrected chi connectivity index (χ0v) is 11.9. The van der Waals surface area contributed by atoms with Crippen molar-refractivity contribution in [3.63, 3.8) is 0 Å². The number of aryl methyl sites for hydroxylation is 2. The first-order valence-corrected chi connectivity index (χ1v) is 8.19. The fraction of sp³-hybridized carbons (Fsp3) is 0.714. The van der Waals surface area contributed by atoms with Crippen LogP contribution < -0.4 is 5.32 Å². The standard InChI is InChI=1S/C14H21N3S/c1-10-15-13-7-3-2-6-12(13)14(16-10)17-11-5-4-8-18-9-11/h11H,2-9H2,1H3,(H,15,16,17). The lowest BCUT2D eigenvalue weighted by Gasteiger charge is -2.26. The first-order chi connectivity index (χ1) is 8.83. The molecule has 0 bridgehead atoms. The smallest absolute Gasteiger partial charge is 0.133 e. The van der Waals surface area contributed by atoms with Crippen LogP contribution in [0.5, 0.6) is 0 Å². The molecule has 3 nitrogen and oxygen atoms in total. The Morgan fingerprint density at radius 2 is 2.06 bits per heavy atom. The van der Waals surface area contributed by atoms with Gasteiger partial charge in [0.25, 0.3) is 0 Å². The lowest BCUT2D eigenvalue weighted by atomic mass is 9.96. The van der Waals surface area contributed by atoms with E-state index < -0.39 is 0 Å². The van der Waals surface area contributed by atoms with Gasteiger partial charge in [-0.3, -0.25) is 0 Å². The van der Waals surface area contributed by atoms with Crippen LogP contribution in [0.15, 0.2) is 0 Å². The van der Waals surface area contributed by atoms with Gasteiger partial charge in [-0.1, -0.05) is 0 Å². The Labute approximate surface area is 113 Å². The summed E-state index contributed by atoms with van der Waals surface area (Å²) in [5, 5.41) is 3.68. The normalized spacial score (nSPS) is 23.5. The van der Waals surface area contributed by atoms with Crippen molar-refractivity contribution in [3.05, 3.63) is 17.1 Å². The van der Waals surface area contributed by atoms with Gasteiger partial charge in [0.05, 0.1) is 0 Å². The van der Waals surface area contributed by atoms with Gasteiger partial charge in [-0.25, -0.2) is 9.97 Å². The second-order valence-electron chi connectivity index (χ2n) is 5.31. The zero-order chi connectivity index (χ0) is 12.4. The Morgan fingerprint density at radius 3 is 2.89 bits per heavy atom.